The van der Waals surface area contributed by atoms with Crippen LogP contribution in [-0.4, -0.2) is 49.8 Å². The van der Waals surface area contributed by atoms with Crippen LogP contribution in [0.5, 0.6) is 0 Å². The zero-order chi connectivity index (χ0) is 89.6. The van der Waals surface area contributed by atoms with Gasteiger partial charge in [-0.25, -0.2) is 15.0 Å². The predicted molar refractivity (Wildman–Crippen MR) is 550 cm³/mol. The van der Waals surface area contributed by atoms with Crippen LogP contribution in [0.15, 0.2) is 511 Å². The van der Waals surface area contributed by atoms with Gasteiger partial charge < -0.3 is 0 Å². The van der Waals surface area contributed by atoms with Crippen LogP contribution >= 0.6 is 0 Å². The van der Waals surface area contributed by atoms with Gasteiger partial charge in [0.25, 0.3) is 0 Å². The average molecular weight is 1710 g/mol. The first-order chi connectivity index (χ1) is 66.3. The van der Waals surface area contributed by atoms with Gasteiger partial charge >= 0.3 is 0 Å². The summed E-state index contributed by atoms with van der Waals surface area (Å²) in [6.45, 7) is 0. The number of nitrogens with zero attached hydrogens (tertiary/aromatic N) is 10. The van der Waals surface area contributed by atoms with E-state index in [4.69, 9.17) is 24.9 Å². The summed E-state index contributed by atoms with van der Waals surface area (Å²) in [6, 6.07) is 158. The number of hydrogen-bond acceptors (Lipinski definition) is 10. The van der Waals surface area contributed by atoms with Crippen molar-refractivity contribution in [1.82, 2.24) is 49.8 Å². The molecule has 10 heteroatoms. The van der Waals surface area contributed by atoms with Gasteiger partial charge in [0, 0.05) is 128 Å². The van der Waals surface area contributed by atoms with Gasteiger partial charge in [0.1, 0.15) is 0 Å². The van der Waals surface area contributed by atoms with Gasteiger partial charge in [0.05, 0.1) is 62.6 Å². The van der Waals surface area contributed by atoms with E-state index in [-0.39, 0.29) is 0 Å². The predicted octanol–water partition coefficient (Wildman–Crippen LogP) is 31.3. The second-order valence-electron chi connectivity index (χ2n) is 32.8. The van der Waals surface area contributed by atoms with Crippen molar-refractivity contribution in [2.45, 2.75) is 0 Å². The van der Waals surface area contributed by atoms with Crippen molar-refractivity contribution < 1.29 is 0 Å². The lowest BCUT2D eigenvalue weighted by Gasteiger charge is -2.13. The standard InChI is InChI=1S/C44H30N2.C42H28N4.C38H26N4/c1-3-11-31(12-4-1)35-17-9-19-38(25-35)43-28-41(29-44(46-43)39-20-10-18-36(26-39)32-13-5-2-6-14-32)33-21-23-34(24-22-33)42-27-37-15-7-8-16-40(37)30-45-42;1-2-10-36-28-45-40(25-31(36)9-1)30-19-17-29(18-20-30)37-26-41(34-13-7-11-32(23-34)38-15-3-5-21-43-38)46-42(27-37)35-14-8-12-33(24-35)39-16-4-6-22-44-39;1-2-20-41-36(3-1)32-10-8-29(9-11-32)35-25-37(33-12-4-27(5-13-33)30-16-21-39-22-17-30)42-38(26-35)34-14-6-28(7-15-34)31-18-23-40-24-19-31/h1-30H;1-28H;1-26H. The van der Waals surface area contributed by atoms with E-state index < -0.39 is 0 Å². The summed E-state index contributed by atoms with van der Waals surface area (Å²) in [6.07, 6.45) is 16.6. The fraction of sp³-hybridized carbons (Fsp3) is 0. The SMILES string of the molecule is c1ccc(-c2ccc(-c3cc(-c4ccc(-c5ccncc5)cc4)nc(-c4ccc(-c5ccncc5)cc4)c3)cc2)nc1.c1ccc(-c2cccc(-c3cc(-c4ccc(-c5cc6ccccc6cn5)cc4)cc(-c4cccc(-c5ccccc5)c4)n3)c2)cc1.c1ccc(-c2cccc(-c3cc(-c4ccc(-c5cc6ccccc6cn5)cc4)cc(-c4cccc(-c5ccccn5)c4)n3)c2)nc1. The van der Waals surface area contributed by atoms with E-state index in [1.165, 1.54) is 33.0 Å². The minimum Gasteiger partial charge on any atom is -0.265 e. The van der Waals surface area contributed by atoms with E-state index >= 15 is 0 Å². The number of hydrogen-bond donors (Lipinski definition) is 0. The van der Waals surface area contributed by atoms with Crippen molar-refractivity contribution in [1.29, 1.82) is 0 Å². The highest BCUT2D eigenvalue weighted by atomic mass is 14.7. The molecular weight excluding hydrogens is 1630 g/mol. The molecule has 630 valence electrons. The molecule has 0 aliphatic heterocycles. The van der Waals surface area contributed by atoms with Crippen LogP contribution < -0.4 is 0 Å². The zero-order valence-electron chi connectivity index (χ0n) is 73.0. The summed E-state index contributed by atoms with van der Waals surface area (Å²) in [4.78, 5) is 47.0. The Morgan fingerprint density at radius 2 is 0.321 bits per heavy atom. The Morgan fingerprint density at radius 3 is 0.634 bits per heavy atom. The average Bonchev–Trinajstić information content (AvgIpc) is 0.802. The molecule has 0 radical (unpaired) electrons. The Balaban J connectivity index is 0.000000121. The molecule has 134 heavy (non-hydrogen) atoms. The number of aromatic nitrogens is 10. The molecule has 0 fully saturated rings. The molecule has 0 bridgehead atoms. The summed E-state index contributed by atoms with van der Waals surface area (Å²) >= 11 is 0. The van der Waals surface area contributed by atoms with Crippen LogP contribution in [-0.2, 0) is 0 Å². The van der Waals surface area contributed by atoms with E-state index in [0.29, 0.717) is 0 Å². The van der Waals surface area contributed by atoms with Gasteiger partial charge in [-0.1, -0.05) is 322 Å². The van der Waals surface area contributed by atoms with Crippen molar-refractivity contribution >= 4 is 21.5 Å². The topological polar surface area (TPSA) is 129 Å². The van der Waals surface area contributed by atoms with Crippen molar-refractivity contribution in [3.05, 3.63) is 511 Å². The first kappa shape index (κ1) is 82.8. The van der Waals surface area contributed by atoms with Gasteiger partial charge in [0.2, 0.25) is 0 Å². The third-order valence-electron chi connectivity index (χ3n) is 24.1. The van der Waals surface area contributed by atoms with E-state index in [0.717, 1.165) is 190 Å². The van der Waals surface area contributed by atoms with Gasteiger partial charge in [-0.3, -0.25) is 34.9 Å². The van der Waals surface area contributed by atoms with E-state index in [2.05, 4.69) is 389 Å². The maximum Gasteiger partial charge on any atom is 0.0715 e. The minimum atomic E-state index is 0.897. The minimum absolute atomic E-state index is 0.897. The maximum absolute atomic E-state index is 5.25. The summed E-state index contributed by atoms with van der Waals surface area (Å²) < 4.78 is 0. The molecule has 0 saturated heterocycles. The first-order valence-corrected chi connectivity index (χ1v) is 44.7. The van der Waals surface area contributed by atoms with Crippen LogP contribution in [0.2, 0.25) is 0 Å². The summed E-state index contributed by atoms with van der Waals surface area (Å²) in [5, 5.41) is 4.66. The van der Waals surface area contributed by atoms with Crippen LogP contribution in [0.3, 0.4) is 0 Å². The van der Waals surface area contributed by atoms with Gasteiger partial charge in [-0.05, 0) is 222 Å². The van der Waals surface area contributed by atoms with Crippen LogP contribution in [0.4, 0.5) is 0 Å². The lowest BCUT2D eigenvalue weighted by atomic mass is 9.96. The monoisotopic (exact) mass is 1710 g/mol. The highest BCUT2D eigenvalue weighted by molar-refractivity contribution is 5.90. The lowest BCUT2D eigenvalue weighted by molar-refractivity contribution is 1.30. The molecule has 10 heterocycles. The van der Waals surface area contributed by atoms with E-state index in [9.17, 15) is 0 Å². The molecule has 23 aromatic rings. The Morgan fingerprint density at radius 1 is 0.104 bits per heavy atom. The fourth-order valence-corrected chi connectivity index (χ4v) is 17.0. The summed E-state index contributed by atoms with van der Waals surface area (Å²) in [5.74, 6) is 0. The zero-order valence-corrected chi connectivity index (χ0v) is 73.0. The quantitative estimate of drug-likeness (QED) is 0.0819. The third kappa shape index (κ3) is 19.1. The van der Waals surface area contributed by atoms with Crippen molar-refractivity contribution in [2.24, 2.45) is 0 Å². The smallest absolute Gasteiger partial charge is 0.0715 e. The van der Waals surface area contributed by atoms with Gasteiger partial charge in [-0.2, -0.15) is 0 Å². The molecule has 10 aromatic heterocycles. The summed E-state index contributed by atoms with van der Waals surface area (Å²) in [7, 11) is 0. The van der Waals surface area contributed by atoms with E-state index in [1.54, 1.807) is 0 Å². The normalized spacial score (nSPS) is 11.0. The second-order valence-corrected chi connectivity index (χ2v) is 32.8. The lowest BCUT2D eigenvalue weighted by Crippen LogP contribution is -1.93. The van der Waals surface area contributed by atoms with Crippen molar-refractivity contribution in [3.63, 3.8) is 0 Å². The number of benzene rings is 13. The maximum atomic E-state index is 5.25. The molecule has 10 nitrogen and oxygen atoms in total. The number of pyridine rings is 10. The molecule has 0 aliphatic rings. The molecule has 0 spiro atoms. The van der Waals surface area contributed by atoms with Gasteiger partial charge in [0.15, 0.2) is 0 Å². The molecule has 0 N–H and O–H groups in total. The molecule has 0 atom stereocenters. The molecular formula is C124H84N10. The first-order valence-electron chi connectivity index (χ1n) is 44.7. The largest absolute Gasteiger partial charge is 0.265 e. The van der Waals surface area contributed by atoms with Crippen LogP contribution in [0.1, 0.15) is 0 Å². The molecule has 23 rings (SSSR count). The Bertz CT molecular complexity index is 7240. The molecule has 0 aliphatic carbocycles. The highest BCUT2D eigenvalue weighted by Gasteiger charge is 2.18. The number of fused-ring (bicyclic) bond motifs is 2. The molecule has 0 saturated carbocycles. The summed E-state index contributed by atoms with van der Waals surface area (Å²) in [5.41, 5.74) is 38.0. The van der Waals surface area contributed by atoms with E-state index in [1.807, 2.05) is 147 Å². The Kier molecular flexibility index (Phi) is 24.0. The number of rotatable bonds is 18. The Labute approximate surface area is 778 Å². The van der Waals surface area contributed by atoms with Crippen molar-refractivity contribution in [2.75, 3.05) is 0 Å². The second kappa shape index (κ2) is 38.8. The van der Waals surface area contributed by atoms with Gasteiger partial charge in [-0.15, -0.1) is 0 Å². The highest BCUT2D eigenvalue weighted by Crippen LogP contribution is 2.40. The fourth-order valence-electron chi connectivity index (χ4n) is 17.0. The molecule has 13 aromatic carbocycles. The molecule has 0 unspecified atom stereocenters. The van der Waals surface area contributed by atoms with Crippen LogP contribution in [0.25, 0.3) is 223 Å². The molecule has 0 amide bonds. The van der Waals surface area contributed by atoms with Crippen LogP contribution in [0, 0.1) is 0 Å². The van der Waals surface area contributed by atoms with Crippen molar-refractivity contribution in [3.8, 4) is 202 Å². The third-order valence-corrected chi connectivity index (χ3v) is 24.1. The Hall–Kier alpha value is -18.1.